The predicted octanol–water partition coefficient (Wildman–Crippen LogP) is 2.19. The summed E-state index contributed by atoms with van der Waals surface area (Å²) in [4.78, 5) is 16.8. The molecule has 0 bridgehead atoms. The van der Waals surface area contributed by atoms with E-state index in [4.69, 9.17) is 4.74 Å². The monoisotopic (exact) mass is 303 g/mol. The maximum absolute atomic E-state index is 12.4. The molecule has 0 saturated heterocycles. The van der Waals surface area contributed by atoms with Crippen LogP contribution < -0.4 is 10.9 Å². The Labute approximate surface area is 131 Å². The first-order valence-electron chi connectivity index (χ1n) is 7.66. The second kappa shape index (κ2) is 7.03. The first kappa shape index (κ1) is 16.6. The normalized spacial score (nSPS) is 13.5. The molecule has 5 heteroatoms. The van der Waals surface area contributed by atoms with Crippen molar-refractivity contribution >= 4 is 10.9 Å². The molecule has 0 aliphatic heterocycles. The second-order valence-electron chi connectivity index (χ2n) is 6.29. The van der Waals surface area contributed by atoms with Crippen molar-refractivity contribution < 1.29 is 4.74 Å². The van der Waals surface area contributed by atoms with Crippen LogP contribution in [0.5, 0.6) is 0 Å². The van der Waals surface area contributed by atoms with Gasteiger partial charge in [-0.3, -0.25) is 9.36 Å². The molecule has 2 aromatic rings. The molecule has 0 aliphatic rings. The van der Waals surface area contributed by atoms with Crippen LogP contribution in [0.3, 0.4) is 0 Å². The lowest BCUT2D eigenvalue weighted by Gasteiger charge is -2.24. The molecule has 1 N–H and O–H groups in total. The zero-order valence-corrected chi connectivity index (χ0v) is 13.8. The summed E-state index contributed by atoms with van der Waals surface area (Å²) in [5.74, 6) is 0. The number of ether oxygens (including phenoxy) is 1. The molecular weight excluding hydrogens is 278 g/mol. The van der Waals surface area contributed by atoms with Gasteiger partial charge in [0, 0.05) is 19.7 Å². The van der Waals surface area contributed by atoms with Crippen LogP contribution >= 0.6 is 0 Å². The molecule has 1 atom stereocenters. The minimum atomic E-state index is -0.131. The minimum Gasteiger partial charge on any atom is -0.379 e. The molecule has 5 nitrogen and oxygen atoms in total. The van der Waals surface area contributed by atoms with Crippen LogP contribution in [0.15, 0.2) is 35.4 Å². The van der Waals surface area contributed by atoms with Gasteiger partial charge in [0.25, 0.3) is 5.56 Å². The molecule has 1 aromatic carbocycles. The van der Waals surface area contributed by atoms with Gasteiger partial charge in [0.1, 0.15) is 0 Å². The largest absolute Gasteiger partial charge is 0.379 e. The number of aromatic nitrogens is 2. The molecule has 22 heavy (non-hydrogen) atoms. The molecule has 0 saturated carbocycles. The first-order chi connectivity index (χ1) is 10.4. The van der Waals surface area contributed by atoms with E-state index in [0.717, 1.165) is 18.5 Å². The van der Waals surface area contributed by atoms with Crippen LogP contribution in [0.1, 0.15) is 27.2 Å². The highest BCUT2D eigenvalue weighted by molar-refractivity contribution is 5.76. The van der Waals surface area contributed by atoms with Crippen molar-refractivity contribution in [2.75, 3.05) is 13.7 Å². The summed E-state index contributed by atoms with van der Waals surface area (Å²) in [6, 6.07) is 7.62. The zero-order chi connectivity index (χ0) is 16.2. The van der Waals surface area contributed by atoms with Crippen LogP contribution in [0, 0.1) is 0 Å². The molecular formula is C17H25N3O2. The Bertz CT molecular complexity index is 679. The average Bonchev–Trinajstić information content (AvgIpc) is 2.50. The molecule has 0 amide bonds. The van der Waals surface area contributed by atoms with Gasteiger partial charge < -0.3 is 10.1 Å². The van der Waals surface area contributed by atoms with Crippen molar-refractivity contribution in [1.29, 1.82) is 0 Å². The van der Waals surface area contributed by atoms with Gasteiger partial charge in [-0.15, -0.1) is 0 Å². The number of rotatable bonds is 7. The number of methoxy groups -OCH3 is 1. The number of fused-ring (bicyclic) bond motifs is 1. The van der Waals surface area contributed by atoms with E-state index in [0.29, 0.717) is 11.9 Å². The van der Waals surface area contributed by atoms with Gasteiger partial charge in [-0.25, -0.2) is 4.98 Å². The van der Waals surface area contributed by atoms with Gasteiger partial charge in [0.05, 0.1) is 22.8 Å². The Morgan fingerprint density at radius 3 is 2.82 bits per heavy atom. The minimum absolute atomic E-state index is 0.0106. The number of nitrogens with zero attached hydrogens (tertiary/aromatic N) is 2. The van der Waals surface area contributed by atoms with Crippen LogP contribution in [0.25, 0.3) is 10.9 Å². The van der Waals surface area contributed by atoms with Crippen LogP contribution in [-0.2, 0) is 11.3 Å². The summed E-state index contributed by atoms with van der Waals surface area (Å²) >= 11 is 0. The number of benzene rings is 1. The number of nitrogens with one attached hydrogen (secondary N) is 1. The quantitative estimate of drug-likeness (QED) is 0.852. The summed E-state index contributed by atoms with van der Waals surface area (Å²) in [6.07, 6.45) is 2.54. The summed E-state index contributed by atoms with van der Waals surface area (Å²) in [7, 11) is 1.73. The third kappa shape index (κ3) is 4.15. The van der Waals surface area contributed by atoms with Gasteiger partial charge in [0.15, 0.2) is 0 Å². The van der Waals surface area contributed by atoms with E-state index in [1.807, 2.05) is 24.3 Å². The van der Waals surface area contributed by atoms with Crippen molar-refractivity contribution in [3.05, 3.63) is 40.9 Å². The SMILES string of the molecule is COC(C)(C)CCN[C@@H](C)Cn1cnc2ccccc2c1=O. The molecule has 0 spiro atoms. The molecule has 0 radical (unpaired) electrons. The summed E-state index contributed by atoms with van der Waals surface area (Å²) in [5.41, 5.74) is 0.622. The van der Waals surface area contributed by atoms with Gasteiger partial charge in [-0.1, -0.05) is 12.1 Å². The third-order valence-corrected chi connectivity index (χ3v) is 3.97. The maximum Gasteiger partial charge on any atom is 0.261 e. The van der Waals surface area contributed by atoms with E-state index < -0.39 is 0 Å². The summed E-state index contributed by atoms with van der Waals surface area (Å²) < 4.78 is 7.07. The summed E-state index contributed by atoms with van der Waals surface area (Å²) in [5, 5.41) is 4.09. The highest BCUT2D eigenvalue weighted by atomic mass is 16.5. The Kier molecular flexibility index (Phi) is 5.32. The van der Waals surface area contributed by atoms with E-state index in [9.17, 15) is 4.79 Å². The third-order valence-electron chi connectivity index (χ3n) is 3.97. The van der Waals surface area contributed by atoms with E-state index in [1.54, 1.807) is 18.0 Å². The van der Waals surface area contributed by atoms with E-state index in [1.165, 1.54) is 0 Å². The number of para-hydroxylation sites is 1. The van der Waals surface area contributed by atoms with Crippen LogP contribution in [-0.4, -0.2) is 34.8 Å². The fourth-order valence-corrected chi connectivity index (χ4v) is 2.32. The molecule has 120 valence electrons. The standard InChI is InChI=1S/C17H25N3O2/c1-13(18-10-9-17(2,3)22-4)11-20-12-19-15-8-6-5-7-14(15)16(20)21/h5-8,12-13,18H,9-11H2,1-4H3/t13-/m0/s1. The van der Waals surface area contributed by atoms with Crippen molar-refractivity contribution in [1.82, 2.24) is 14.9 Å². The Morgan fingerprint density at radius 1 is 1.36 bits per heavy atom. The van der Waals surface area contributed by atoms with Gasteiger partial charge in [-0.2, -0.15) is 0 Å². The molecule has 0 unspecified atom stereocenters. The lowest BCUT2D eigenvalue weighted by atomic mass is 10.1. The lowest BCUT2D eigenvalue weighted by Crippen LogP contribution is -2.37. The fraction of sp³-hybridized carbons (Fsp3) is 0.529. The van der Waals surface area contributed by atoms with E-state index >= 15 is 0 Å². The van der Waals surface area contributed by atoms with Crippen molar-refractivity contribution in [3.63, 3.8) is 0 Å². The molecule has 1 aromatic heterocycles. The smallest absolute Gasteiger partial charge is 0.261 e. The van der Waals surface area contributed by atoms with E-state index in [2.05, 4.69) is 31.1 Å². The molecule has 0 aliphatic carbocycles. The summed E-state index contributed by atoms with van der Waals surface area (Å²) in [6.45, 7) is 7.65. The van der Waals surface area contributed by atoms with Crippen molar-refractivity contribution in [3.8, 4) is 0 Å². The van der Waals surface area contributed by atoms with Gasteiger partial charge in [-0.05, 0) is 45.9 Å². The Balaban J connectivity index is 1.99. The van der Waals surface area contributed by atoms with Gasteiger partial charge in [0.2, 0.25) is 0 Å². The topological polar surface area (TPSA) is 56.1 Å². The molecule has 0 fully saturated rings. The predicted molar refractivity (Wildman–Crippen MR) is 89.2 cm³/mol. The highest BCUT2D eigenvalue weighted by Crippen LogP contribution is 2.11. The highest BCUT2D eigenvalue weighted by Gasteiger charge is 2.16. The molecule has 1 heterocycles. The number of hydrogen-bond donors (Lipinski definition) is 1. The molecule has 2 rings (SSSR count). The van der Waals surface area contributed by atoms with Crippen LogP contribution in [0.4, 0.5) is 0 Å². The van der Waals surface area contributed by atoms with Gasteiger partial charge >= 0.3 is 0 Å². The van der Waals surface area contributed by atoms with Crippen molar-refractivity contribution in [2.45, 2.75) is 45.4 Å². The number of hydrogen-bond acceptors (Lipinski definition) is 4. The Hall–Kier alpha value is -1.72. The lowest BCUT2D eigenvalue weighted by molar-refractivity contribution is 0.0153. The van der Waals surface area contributed by atoms with Crippen LogP contribution in [0.2, 0.25) is 0 Å². The maximum atomic E-state index is 12.4. The zero-order valence-electron chi connectivity index (χ0n) is 13.8. The van der Waals surface area contributed by atoms with E-state index in [-0.39, 0.29) is 17.2 Å². The Morgan fingerprint density at radius 2 is 2.09 bits per heavy atom. The van der Waals surface area contributed by atoms with Crippen molar-refractivity contribution in [2.24, 2.45) is 0 Å². The fourth-order valence-electron chi connectivity index (χ4n) is 2.32. The first-order valence-corrected chi connectivity index (χ1v) is 7.66. The second-order valence-corrected chi connectivity index (χ2v) is 6.29. The average molecular weight is 303 g/mol.